The lowest BCUT2D eigenvalue weighted by Gasteiger charge is -2.22. The first kappa shape index (κ1) is 16.1. The van der Waals surface area contributed by atoms with Gasteiger partial charge in [-0.1, -0.05) is 0 Å². The fourth-order valence-electron chi connectivity index (χ4n) is 3.11. The van der Waals surface area contributed by atoms with Crippen LogP contribution in [0.2, 0.25) is 0 Å². The number of aromatic nitrogens is 5. The minimum absolute atomic E-state index is 0.742. The molecular weight excluding hydrogens is 290 g/mol. The summed E-state index contributed by atoms with van der Waals surface area (Å²) in [5.41, 5.74) is 1.24. The van der Waals surface area contributed by atoms with E-state index in [1.807, 2.05) is 12.4 Å². The van der Waals surface area contributed by atoms with E-state index in [4.69, 9.17) is 0 Å². The molecule has 1 aliphatic rings. The Hall–Kier alpha value is -1.73. The molecule has 0 aliphatic carbocycles. The fraction of sp³-hybridized carbons (Fsp3) is 0.688. The molecule has 0 spiro atoms. The number of aromatic amines is 1. The SMILES string of the molecule is CN(CCc1cn[nH]c1)Cc1nnc(CC2CCNCC2)n1C. The molecule has 0 atom stereocenters. The molecular formula is C16H27N7. The van der Waals surface area contributed by atoms with Gasteiger partial charge in [0.05, 0.1) is 12.7 Å². The van der Waals surface area contributed by atoms with Crippen molar-refractivity contribution < 1.29 is 0 Å². The van der Waals surface area contributed by atoms with Crippen LogP contribution in [0.15, 0.2) is 12.4 Å². The van der Waals surface area contributed by atoms with Crippen molar-refractivity contribution in [3.05, 3.63) is 29.6 Å². The smallest absolute Gasteiger partial charge is 0.146 e. The van der Waals surface area contributed by atoms with Gasteiger partial charge in [-0.25, -0.2) is 0 Å². The molecule has 1 saturated heterocycles. The maximum atomic E-state index is 4.42. The van der Waals surface area contributed by atoms with Crippen molar-refractivity contribution in [2.24, 2.45) is 13.0 Å². The van der Waals surface area contributed by atoms with Gasteiger partial charge in [0.15, 0.2) is 0 Å². The van der Waals surface area contributed by atoms with Gasteiger partial charge in [0.1, 0.15) is 11.6 Å². The van der Waals surface area contributed by atoms with Crippen LogP contribution in [0.25, 0.3) is 0 Å². The van der Waals surface area contributed by atoms with Gasteiger partial charge in [0.2, 0.25) is 0 Å². The highest BCUT2D eigenvalue weighted by molar-refractivity contribution is 5.03. The van der Waals surface area contributed by atoms with Crippen LogP contribution in [0.5, 0.6) is 0 Å². The van der Waals surface area contributed by atoms with Gasteiger partial charge in [0, 0.05) is 26.2 Å². The Kier molecular flexibility index (Phi) is 5.40. The predicted octanol–water partition coefficient (Wildman–Crippen LogP) is 0.755. The van der Waals surface area contributed by atoms with Gasteiger partial charge in [-0.05, 0) is 50.9 Å². The highest BCUT2D eigenvalue weighted by Crippen LogP contribution is 2.17. The summed E-state index contributed by atoms with van der Waals surface area (Å²) >= 11 is 0. The van der Waals surface area contributed by atoms with Crippen molar-refractivity contribution in [1.82, 2.24) is 35.2 Å². The van der Waals surface area contributed by atoms with Crippen molar-refractivity contribution in [1.29, 1.82) is 0 Å². The first-order valence-corrected chi connectivity index (χ1v) is 8.46. The zero-order chi connectivity index (χ0) is 16.1. The number of piperidine rings is 1. The van der Waals surface area contributed by atoms with Crippen LogP contribution in [0.4, 0.5) is 0 Å². The monoisotopic (exact) mass is 317 g/mol. The zero-order valence-electron chi connectivity index (χ0n) is 14.1. The van der Waals surface area contributed by atoms with Gasteiger partial charge in [0.25, 0.3) is 0 Å². The summed E-state index contributed by atoms with van der Waals surface area (Å²) in [6.45, 7) is 4.07. The van der Waals surface area contributed by atoms with Crippen LogP contribution in [-0.4, -0.2) is 56.5 Å². The van der Waals surface area contributed by atoms with E-state index in [1.165, 1.54) is 18.4 Å². The number of nitrogens with one attached hydrogen (secondary N) is 2. The second-order valence-electron chi connectivity index (χ2n) is 6.58. The van der Waals surface area contributed by atoms with E-state index in [9.17, 15) is 0 Å². The van der Waals surface area contributed by atoms with E-state index in [0.717, 1.165) is 56.6 Å². The maximum Gasteiger partial charge on any atom is 0.146 e. The van der Waals surface area contributed by atoms with E-state index < -0.39 is 0 Å². The minimum atomic E-state index is 0.742. The second-order valence-corrected chi connectivity index (χ2v) is 6.58. The quantitative estimate of drug-likeness (QED) is 0.788. The highest BCUT2D eigenvalue weighted by Gasteiger charge is 2.18. The molecule has 0 unspecified atom stereocenters. The van der Waals surface area contributed by atoms with Crippen LogP contribution in [-0.2, 0) is 26.4 Å². The Morgan fingerprint density at radius 2 is 2.04 bits per heavy atom. The summed E-state index contributed by atoms with van der Waals surface area (Å²) in [6, 6.07) is 0. The molecule has 126 valence electrons. The largest absolute Gasteiger partial charge is 0.317 e. The lowest BCUT2D eigenvalue weighted by atomic mass is 9.94. The number of H-pyrrole nitrogens is 1. The summed E-state index contributed by atoms with van der Waals surface area (Å²) in [5.74, 6) is 2.91. The van der Waals surface area contributed by atoms with Crippen molar-refractivity contribution >= 4 is 0 Å². The number of likely N-dealkylation sites (N-methyl/N-ethyl adjacent to an activating group) is 1. The molecule has 23 heavy (non-hydrogen) atoms. The second kappa shape index (κ2) is 7.70. The average Bonchev–Trinajstić information content (AvgIpc) is 3.19. The standard InChI is InChI=1S/C16H27N7/c1-22(8-5-14-10-18-19-11-14)12-16-21-20-15(23(16)2)9-13-3-6-17-7-4-13/h10-11,13,17H,3-9,12H2,1-2H3,(H,18,19). The molecule has 1 fully saturated rings. The third-order valence-electron chi connectivity index (χ3n) is 4.73. The third kappa shape index (κ3) is 4.39. The van der Waals surface area contributed by atoms with Gasteiger partial charge >= 0.3 is 0 Å². The average molecular weight is 317 g/mol. The van der Waals surface area contributed by atoms with Gasteiger partial charge in [-0.3, -0.25) is 10.00 Å². The highest BCUT2D eigenvalue weighted by atomic mass is 15.3. The molecule has 0 bridgehead atoms. The topological polar surface area (TPSA) is 74.7 Å². The lowest BCUT2D eigenvalue weighted by Crippen LogP contribution is -2.29. The molecule has 0 aromatic carbocycles. The zero-order valence-corrected chi connectivity index (χ0v) is 14.1. The summed E-state index contributed by atoms with van der Waals surface area (Å²) in [6.07, 6.45) is 8.36. The molecule has 0 saturated carbocycles. The van der Waals surface area contributed by atoms with Crippen molar-refractivity contribution in [3.63, 3.8) is 0 Å². The maximum absolute atomic E-state index is 4.42. The summed E-state index contributed by atoms with van der Waals surface area (Å²) in [4.78, 5) is 2.28. The van der Waals surface area contributed by atoms with E-state index in [-0.39, 0.29) is 0 Å². The Morgan fingerprint density at radius 3 is 2.78 bits per heavy atom. The Balaban J connectivity index is 1.51. The van der Waals surface area contributed by atoms with Crippen LogP contribution < -0.4 is 5.32 Å². The molecule has 2 aromatic rings. The summed E-state index contributed by atoms with van der Waals surface area (Å²) in [7, 11) is 4.22. The van der Waals surface area contributed by atoms with Crippen molar-refractivity contribution in [2.45, 2.75) is 32.2 Å². The summed E-state index contributed by atoms with van der Waals surface area (Å²) < 4.78 is 2.18. The summed E-state index contributed by atoms with van der Waals surface area (Å²) in [5, 5.41) is 19.1. The molecule has 7 nitrogen and oxygen atoms in total. The van der Waals surface area contributed by atoms with E-state index >= 15 is 0 Å². The normalized spacial score (nSPS) is 16.3. The number of hydrogen-bond acceptors (Lipinski definition) is 5. The molecule has 7 heteroatoms. The van der Waals surface area contributed by atoms with E-state index in [2.05, 4.69) is 49.3 Å². The van der Waals surface area contributed by atoms with Crippen LogP contribution >= 0.6 is 0 Å². The van der Waals surface area contributed by atoms with Gasteiger partial charge < -0.3 is 9.88 Å². The first-order valence-electron chi connectivity index (χ1n) is 8.46. The third-order valence-corrected chi connectivity index (χ3v) is 4.73. The molecule has 2 N–H and O–H groups in total. The number of hydrogen-bond donors (Lipinski definition) is 2. The molecule has 3 rings (SSSR count). The molecule has 0 radical (unpaired) electrons. The molecule has 2 aromatic heterocycles. The van der Waals surface area contributed by atoms with Crippen molar-refractivity contribution in [3.8, 4) is 0 Å². The first-order chi connectivity index (χ1) is 11.2. The molecule has 1 aliphatic heterocycles. The lowest BCUT2D eigenvalue weighted by molar-refractivity contribution is 0.317. The molecule has 0 amide bonds. The molecule has 3 heterocycles. The Labute approximate surface area is 137 Å². The van der Waals surface area contributed by atoms with Crippen LogP contribution in [0.3, 0.4) is 0 Å². The van der Waals surface area contributed by atoms with E-state index in [1.54, 1.807) is 0 Å². The van der Waals surface area contributed by atoms with Gasteiger partial charge in [-0.15, -0.1) is 10.2 Å². The number of rotatable bonds is 7. The predicted molar refractivity (Wildman–Crippen MR) is 88.9 cm³/mol. The van der Waals surface area contributed by atoms with Crippen LogP contribution in [0.1, 0.15) is 30.1 Å². The van der Waals surface area contributed by atoms with Crippen LogP contribution in [0, 0.1) is 5.92 Å². The van der Waals surface area contributed by atoms with Gasteiger partial charge in [-0.2, -0.15) is 5.10 Å². The van der Waals surface area contributed by atoms with Crippen molar-refractivity contribution in [2.75, 3.05) is 26.7 Å². The minimum Gasteiger partial charge on any atom is -0.317 e. The Morgan fingerprint density at radius 1 is 1.26 bits per heavy atom. The number of nitrogens with zero attached hydrogens (tertiary/aromatic N) is 5. The fourth-order valence-corrected chi connectivity index (χ4v) is 3.11. The van der Waals surface area contributed by atoms with E-state index in [0.29, 0.717) is 0 Å². The Bertz CT molecular complexity index is 584.